The second kappa shape index (κ2) is 8.67. The SMILES string of the molecule is COc1cnc(CCCOc2cccc(CN3CCCC3)c2)[nH]c1=O. The van der Waals surface area contributed by atoms with Gasteiger partial charge in [0.25, 0.3) is 5.56 Å². The molecule has 0 aliphatic carbocycles. The summed E-state index contributed by atoms with van der Waals surface area (Å²) in [5, 5.41) is 0. The molecule has 0 spiro atoms. The zero-order chi connectivity index (χ0) is 17.5. The maximum absolute atomic E-state index is 11.6. The van der Waals surface area contributed by atoms with Gasteiger partial charge in [-0.25, -0.2) is 4.98 Å². The number of methoxy groups -OCH3 is 1. The van der Waals surface area contributed by atoms with Crippen LogP contribution in [-0.4, -0.2) is 41.7 Å². The molecule has 2 heterocycles. The highest BCUT2D eigenvalue weighted by molar-refractivity contribution is 5.28. The minimum atomic E-state index is -0.247. The maximum Gasteiger partial charge on any atom is 0.293 e. The van der Waals surface area contributed by atoms with Crippen LogP contribution in [0, 0.1) is 0 Å². The quantitative estimate of drug-likeness (QED) is 0.746. The van der Waals surface area contributed by atoms with Crippen molar-refractivity contribution >= 4 is 0 Å². The van der Waals surface area contributed by atoms with E-state index in [-0.39, 0.29) is 11.3 Å². The summed E-state index contributed by atoms with van der Waals surface area (Å²) in [5.41, 5.74) is 1.04. The third kappa shape index (κ3) is 5.06. The van der Waals surface area contributed by atoms with Gasteiger partial charge in [-0.15, -0.1) is 0 Å². The molecule has 6 heteroatoms. The van der Waals surface area contributed by atoms with Crippen LogP contribution in [0.1, 0.15) is 30.7 Å². The number of hydrogen-bond acceptors (Lipinski definition) is 5. The molecular weight excluding hydrogens is 318 g/mol. The molecule has 25 heavy (non-hydrogen) atoms. The number of H-pyrrole nitrogens is 1. The van der Waals surface area contributed by atoms with E-state index in [9.17, 15) is 4.79 Å². The number of ether oxygens (including phenoxy) is 2. The number of rotatable bonds is 8. The highest BCUT2D eigenvalue weighted by atomic mass is 16.5. The molecule has 0 radical (unpaired) electrons. The zero-order valence-electron chi connectivity index (χ0n) is 14.7. The van der Waals surface area contributed by atoms with Crippen LogP contribution in [0.25, 0.3) is 0 Å². The topological polar surface area (TPSA) is 67.5 Å². The highest BCUT2D eigenvalue weighted by Crippen LogP contribution is 2.17. The fourth-order valence-electron chi connectivity index (χ4n) is 3.05. The standard InChI is InChI=1S/C19H25N3O3/c1-24-17-13-20-18(21-19(17)23)8-5-11-25-16-7-4-6-15(12-16)14-22-9-2-3-10-22/h4,6-7,12-13H,2-3,5,8-11,14H2,1H3,(H,20,21,23). The fourth-order valence-corrected chi connectivity index (χ4v) is 3.05. The first-order chi connectivity index (χ1) is 12.2. The molecule has 134 valence electrons. The van der Waals surface area contributed by atoms with E-state index in [0.717, 1.165) is 18.7 Å². The number of aryl methyl sites for hydroxylation is 1. The zero-order valence-corrected chi connectivity index (χ0v) is 14.7. The molecule has 1 aliphatic heterocycles. The molecule has 0 unspecified atom stereocenters. The molecule has 0 saturated carbocycles. The number of hydrogen-bond donors (Lipinski definition) is 1. The smallest absolute Gasteiger partial charge is 0.293 e. The van der Waals surface area contributed by atoms with Crippen molar-refractivity contribution in [3.8, 4) is 11.5 Å². The molecule has 1 aromatic heterocycles. The van der Waals surface area contributed by atoms with E-state index < -0.39 is 0 Å². The molecule has 0 atom stereocenters. The Bertz CT molecular complexity index is 739. The molecule has 2 aromatic rings. The summed E-state index contributed by atoms with van der Waals surface area (Å²) in [6, 6.07) is 8.30. The van der Waals surface area contributed by atoms with Crippen LogP contribution in [0.5, 0.6) is 11.5 Å². The van der Waals surface area contributed by atoms with Gasteiger partial charge in [0.05, 0.1) is 19.9 Å². The predicted octanol–water partition coefficient (Wildman–Crippen LogP) is 2.39. The van der Waals surface area contributed by atoms with Gasteiger partial charge in [-0.05, 0) is 50.0 Å². The Kier molecular flexibility index (Phi) is 6.06. The van der Waals surface area contributed by atoms with Crippen molar-refractivity contribution in [2.24, 2.45) is 0 Å². The third-order valence-corrected chi connectivity index (χ3v) is 4.37. The first kappa shape index (κ1) is 17.5. The van der Waals surface area contributed by atoms with E-state index >= 15 is 0 Å². The molecule has 1 saturated heterocycles. The number of likely N-dealkylation sites (tertiary alicyclic amines) is 1. The summed E-state index contributed by atoms with van der Waals surface area (Å²) in [6.07, 6.45) is 5.50. The van der Waals surface area contributed by atoms with E-state index in [0.29, 0.717) is 18.9 Å². The Hall–Kier alpha value is -2.34. The van der Waals surface area contributed by atoms with Crippen molar-refractivity contribution in [1.29, 1.82) is 0 Å². The first-order valence-corrected chi connectivity index (χ1v) is 8.81. The highest BCUT2D eigenvalue weighted by Gasteiger charge is 2.11. The Morgan fingerprint density at radius 2 is 2.12 bits per heavy atom. The minimum absolute atomic E-state index is 0.231. The maximum atomic E-state index is 11.6. The molecule has 6 nitrogen and oxygen atoms in total. The van der Waals surface area contributed by atoms with E-state index in [1.807, 2.05) is 12.1 Å². The summed E-state index contributed by atoms with van der Waals surface area (Å²) in [5.74, 6) is 1.78. The predicted molar refractivity (Wildman–Crippen MR) is 96.2 cm³/mol. The number of nitrogens with zero attached hydrogens (tertiary/aromatic N) is 2. The van der Waals surface area contributed by atoms with Crippen molar-refractivity contribution < 1.29 is 9.47 Å². The van der Waals surface area contributed by atoms with Crippen LogP contribution >= 0.6 is 0 Å². The van der Waals surface area contributed by atoms with Crippen molar-refractivity contribution in [1.82, 2.24) is 14.9 Å². The van der Waals surface area contributed by atoms with E-state index in [4.69, 9.17) is 9.47 Å². The lowest BCUT2D eigenvalue weighted by atomic mass is 10.2. The van der Waals surface area contributed by atoms with E-state index in [1.165, 1.54) is 44.8 Å². The van der Waals surface area contributed by atoms with Crippen molar-refractivity contribution in [2.75, 3.05) is 26.8 Å². The van der Waals surface area contributed by atoms with E-state index in [2.05, 4.69) is 27.0 Å². The summed E-state index contributed by atoms with van der Waals surface area (Å²) >= 11 is 0. The van der Waals surface area contributed by atoms with Crippen LogP contribution in [-0.2, 0) is 13.0 Å². The lowest BCUT2D eigenvalue weighted by Gasteiger charge is -2.15. The average Bonchev–Trinajstić information content (AvgIpc) is 3.12. The van der Waals surface area contributed by atoms with Crippen LogP contribution in [0.3, 0.4) is 0 Å². The van der Waals surface area contributed by atoms with Crippen molar-refractivity contribution in [3.63, 3.8) is 0 Å². The van der Waals surface area contributed by atoms with Gasteiger partial charge >= 0.3 is 0 Å². The molecule has 3 rings (SSSR count). The lowest BCUT2D eigenvalue weighted by molar-refractivity contribution is 0.306. The fraction of sp³-hybridized carbons (Fsp3) is 0.474. The largest absolute Gasteiger partial charge is 0.494 e. The molecule has 0 bridgehead atoms. The Morgan fingerprint density at radius 3 is 2.88 bits per heavy atom. The normalized spacial score (nSPS) is 14.6. The number of aromatic amines is 1. The second-order valence-electron chi connectivity index (χ2n) is 6.31. The minimum Gasteiger partial charge on any atom is -0.494 e. The van der Waals surface area contributed by atoms with Gasteiger partial charge < -0.3 is 14.5 Å². The van der Waals surface area contributed by atoms with Crippen LogP contribution in [0.2, 0.25) is 0 Å². The molecule has 1 fully saturated rings. The second-order valence-corrected chi connectivity index (χ2v) is 6.31. The van der Waals surface area contributed by atoms with Crippen molar-refractivity contribution in [2.45, 2.75) is 32.2 Å². The molecule has 0 amide bonds. The summed E-state index contributed by atoms with van der Waals surface area (Å²) in [7, 11) is 1.46. The molecule has 1 aromatic carbocycles. The van der Waals surface area contributed by atoms with Gasteiger partial charge in [0, 0.05) is 13.0 Å². The monoisotopic (exact) mass is 343 g/mol. The van der Waals surface area contributed by atoms with Gasteiger partial charge in [-0.1, -0.05) is 12.1 Å². The van der Waals surface area contributed by atoms with Gasteiger partial charge in [-0.3, -0.25) is 9.69 Å². The first-order valence-electron chi connectivity index (χ1n) is 8.81. The van der Waals surface area contributed by atoms with Gasteiger partial charge in [0.2, 0.25) is 5.75 Å². The summed E-state index contributed by atoms with van der Waals surface area (Å²) < 4.78 is 10.8. The summed E-state index contributed by atoms with van der Waals surface area (Å²) in [4.78, 5) is 21.0. The number of aromatic nitrogens is 2. The van der Waals surface area contributed by atoms with Gasteiger partial charge in [0.15, 0.2) is 0 Å². The van der Waals surface area contributed by atoms with Crippen molar-refractivity contribution in [3.05, 3.63) is 52.2 Å². The molecule has 1 aliphatic rings. The van der Waals surface area contributed by atoms with Crippen LogP contribution < -0.4 is 15.0 Å². The average molecular weight is 343 g/mol. The molecule has 1 N–H and O–H groups in total. The van der Waals surface area contributed by atoms with E-state index in [1.54, 1.807) is 0 Å². The lowest BCUT2D eigenvalue weighted by Crippen LogP contribution is -2.18. The van der Waals surface area contributed by atoms with Crippen LogP contribution in [0.15, 0.2) is 35.3 Å². The van der Waals surface area contributed by atoms with Crippen LogP contribution in [0.4, 0.5) is 0 Å². The summed E-state index contributed by atoms with van der Waals surface area (Å²) in [6.45, 7) is 3.97. The third-order valence-electron chi connectivity index (χ3n) is 4.37. The Labute approximate surface area is 147 Å². The number of nitrogens with one attached hydrogen (secondary N) is 1. The Morgan fingerprint density at radius 1 is 1.28 bits per heavy atom. The van der Waals surface area contributed by atoms with Gasteiger partial charge in [-0.2, -0.15) is 0 Å². The van der Waals surface area contributed by atoms with Gasteiger partial charge in [0.1, 0.15) is 11.6 Å². The number of benzene rings is 1. The Balaban J connectivity index is 1.45. The molecular formula is C19H25N3O3.